The molecule has 4 N–H and O–H groups in total. The Kier molecular flexibility index (Phi) is 11.3. The van der Waals surface area contributed by atoms with Gasteiger partial charge in [0.15, 0.2) is 0 Å². The van der Waals surface area contributed by atoms with Gasteiger partial charge in [0.2, 0.25) is 11.8 Å². The summed E-state index contributed by atoms with van der Waals surface area (Å²) in [5.74, 6) is 1.54. The van der Waals surface area contributed by atoms with Crippen molar-refractivity contribution in [1.29, 1.82) is 0 Å². The predicted octanol–water partition coefficient (Wildman–Crippen LogP) is 6.48. The normalized spacial score (nSPS) is 23.0. The minimum atomic E-state index is -0.681. The average Bonchev–Trinajstić information content (AvgIpc) is 4.15. The van der Waals surface area contributed by atoms with Gasteiger partial charge in [0.25, 0.3) is 0 Å². The molecule has 2 bridgehead atoms. The average molecular weight is 833 g/mol. The van der Waals surface area contributed by atoms with Gasteiger partial charge in [0.1, 0.15) is 23.7 Å². The number of carbonyl (C=O) groups excluding carboxylic acids is 4. The molecule has 4 aromatic rings. The fraction of sp³-hybridized carbons (Fsp3) is 0.522. The maximum atomic E-state index is 14.0. The third kappa shape index (κ3) is 7.77. The van der Waals surface area contributed by atoms with Crippen molar-refractivity contribution in [3.05, 3.63) is 71.6 Å². The molecule has 2 aliphatic carbocycles. The minimum absolute atomic E-state index is 0.0242. The van der Waals surface area contributed by atoms with Gasteiger partial charge < -0.3 is 44.6 Å². The van der Waals surface area contributed by atoms with E-state index in [2.05, 4.69) is 57.0 Å². The zero-order valence-corrected chi connectivity index (χ0v) is 35.4. The smallest absolute Gasteiger partial charge is 0.407 e. The molecule has 0 spiro atoms. The topological polar surface area (TPSA) is 184 Å². The number of aromatic amines is 2. The van der Waals surface area contributed by atoms with Gasteiger partial charge in [-0.1, -0.05) is 38.1 Å². The Balaban J connectivity index is 0.904. The van der Waals surface area contributed by atoms with E-state index in [0.717, 1.165) is 79.1 Å². The summed E-state index contributed by atoms with van der Waals surface area (Å²) in [5, 5.41) is 5.60. The number of methoxy groups -OCH3 is 2. The zero-order valence-electron chi connectivity index (χ0n) is 35.4. The number of aryl methyl sites for hydroxylation is 2. The van der Waals surface area contributed by atoms with Crippen LogP contribution < -0.4 is 10.6 Å². The molecule has 2 aromatic carbocycles. The number of nitrogens with one attached hydrogen (secondary N) is 4. The summed E-state index contributed by atoms with van der Waals surface area (Å²) in [6.07, 6.45) is 10.3. The highest BCUT2D eigenvalue weighted by atomic mass is 16.5. The molecule has 0 radical (unpaired) electrons. The number of piperidine rings is 1. The van der Waals surface area contributed by atoms with Gasteiger partial charge in [-0.3, -0.25) is 9.59 Å². The molecule has 9 rings (SSSR count). The first kappa shape index (κ1) is 40.7. The van der Waals surface area contributed by atoms with Crippen molar-refractivity contribution >= 4 is 24.0 Å². The predicted molar refractivity (Wildman–Crippen MR) is 226 cm³/mol. The molecular weight excluding hydrogens is 777 g/mol. The van der Waals surface area contributed by atoms with E-state index in [1.807, 2.05) is 36.0 Å². The molecule has 15 nitrogen and oxygen atoms in total. The maximum absolute atomic E-state index is 14.0. The van der Waals surface area contributed by atoms with Gasteiger partial charge in [0, 0.05) is 25.8 Å². The van der Waals surface area contributed by atoms with Crippen molar-refractivity contribution in [2.24, 2.45) is 17.8 Å². The van der Waals surface area contributed by atoms with E-state index < -0.39 is 24.3 Å². The Hall–Kier alpha value is -5.70. The second-order valence-corrected chi connectivity index (χ2v) is 17.6. The molecule has 2 aromatic heterocycles. The molecule has 6 atom stereocenters. The summed E-state index contributed by atoms with van der Waals surface area (Å²) in [5.41, 5.74) is 8.87. The number of likely N-dealkylation sites (tertiary alicyclic amines) is 2. The van der Waals surface area contributed by atoms with Crippen LogP contribution in [0.5, 0.6) is 0 Å². The monoisotopic (exact) mass is 832 g/mol. The summed E-state index contributed by atoms with van der Waals surface area (Å²) in [7, 11) is 2.63. The number of ether oxygens (including phenoxy) is 3. The van der Waals surface area contributed by atoms with Crippen LogP contribution in [-0.2, 0) is 36.6 Å². The number of hydrogen-bond acceptors (Lipinski definition) is 9. The maximum Gasteiger partial charge on any atom is 0.407 e. The fourth-order valence-electron chi connectivity index (χ4n) is 10.6. The highest BCUT2D eigenvalue weighted by molar-refractivity contribution is 5.88. The largest absolute Gasteiger partial charge is 0.453 e. The first-order chi connectivity index (χ1) is 29.6. The zero-order chi connectivity index (χ0) is 42.4. The number of aromatic nitrogens is 4. The van der Waals surface area contributed by atoms with E-state index in [1.165, 1.54) is 36.5 Å². The number of nitrogens with zero attached hydrogens (tertiary/aromatic N) is 4. The number of carbonyl (C=O) groups is 4. The fourth-order valence-corrected chi connectivity index (χ4v) is 10.6. The van der Waals surface area contributed by atoms with Crippen LogP contribution in [-0.4, -0.2) is 106 Å². The van der Waals surface area contributed by atoms with Gasteiger partial charge in [-0.15, -0.1) is 0 Å². The molecule has 1 unspecified atom stereocenters. The van der Waals surface area contributed by atoms with E-state index in [4.69, 9.17) is 24.2 Å². The van der Waals surface area contributed by atoms with Crippen molar-refractivity contribution in [3.8, 4) is 33.6 Å². The van der Waals surface area contributed by atoms with Crippen LogP contribution in [0.4, 0.5) is 9.59 Å². The SMILES string of the molecule is COC(=O)N[C@H](C(=O)N1C(c2ncc(-c3ccc4c(c3)CCc3cc(-c5cnc([C@@H]6CCCN6C(=O)[C@@H](NC(=O)OC)C6CCOCC6)[nH]5)ccc3-4)[nH]2)[C@H]2CC[C@@H]1C2)C(C)C. The Labute approximate surface area is 355 Å². The second-order valence-electron chi connectivity index (χ2n) is 17.6. The lowest BCUT2D eigenvalue weighted by Crippen LogP contribution is -2.54. The number of hydrogen-bond donors (Lipinski definition) is 4. The van der Waals surface area contributed by atoms with Crippen molar-refractivity contribution in [1.82, 2.24) is 40.4 Å². The van der Waals surface area contributed by atoms with E-state index in [1.54, 1.807) is 0 Å². The molecule has 322 valence electrons. The molecule has 4 amide bonds. The van der Waals surface area contributed by atoms with Gasteiger partial charge in [-0.25, -0.2) is 19.6 Å². The standard InChI is InChI=1S/C46H56N8O7/c1-25(2)38(51-45(57)59-3)44(56)54-32-12-9-31(22-32)40(54)42-48-24-36(50-42)30-11-14-34-28(21-30)8-7-27-20-29(10-13-33(27)34)35-23-47-41(49-35)37-6-5-17-53(37)43(55)39(52-46(58)60-4)26-15-18-61-19-16-26/h10-11,13-14,20-21,23-26,31-32,37-40H,5-9,12,15-19,22H2,1-4H3,(H,47,49)(H,48,50)(H,51,57)(H,52,58)/t31-,32+,37-,38-,39-,40?/m0/s1. The number of rotatable bonds is 10. The Morgan fingerprint density at radius 3 is 2.05 bits per heavy atom. The van der Waals surface area contributed by atoms with Crippen LogP contribution in [0.3, 0.4) is 0 Å². The molecular formula is C46H56N8O7. The lowest BCUT2D eigenvalue weighted by Gasteiger charge is -2.37. The van der Waals surface area contributed by atoms with Crippen molar-refractivity contribution < 1.29 is 33.4 Å². The summed E-state index contributed by atoms with van der Waals surface area (Å²) in [6, 6.07) is 11.5. The number of imidazole rings is 2. The molecule has 4 fully saturated rings. The lowest BCUT2D eigenvalue weighted by molar-refractivity contribution is -0.139. The van der Waals surface area contributed by atoms with Crippen LogP contribution in [0.2, 0.25) is 0 Å². The lowest BCUT2D eigenvalue weighted by atomic mass is 9.83. The first-order valence-electron chi connectivity index (χ1n) is 21.9. The minimum Gasteiger partial charge on any atom is -0.453 e. The third-order valence-electron chi connectivity index (χ3n) is 13.8. The van der Waals surface area contributed by atoms with Crippen LogP contribution >= 0.6 is 0 Å². The summed E-state index contributed by atoms with van der Waals surface area (Å²) in [4.78, 5) is 73.2. The van der Waals surface area contributed by atoms with E-state index in [0.29, 0.717) is 38.5 Å². The molecule has 5 aliphatic rings. The van der Waals surface area contributed by atoms with Crippen LogP contribution in [0.25, 0.3) is 33.6 Å². The van der Waals surface area contributed by atoms with Crippen LogP contribution in [0, 0.1) is 17.8 Å². The molecule has 3 aliphatic heterocycles. The van der Waals surface area contributed by atoms with Gasteiger partial charge >= 0.3 is 12.2 Å². The van der Waals surface area contributed by atoms with Crippen molar-refractivity contribution in [2.45, 2.75) is 102 Å². The molecule has 15 heteroatoms. The van der Waals surface area contributed by atoms with Crippen LogP contribution in [0.1, 0.15) is 93.7 Å². The Bertz CT molecular complexity index is 2300. The first-order valence-corrected chi connectivity index (χ1v) is 21.9. The molecule has 3 saturated heterocycles. The number of amides is 4. The molecule has 1 saturated carbocycles. The third-order valence-corrected chi connectivity index (χ3v) is 13.8. The van der Waals surface area contributed by atoms with Gasteiger partial charge in [-0.05, 0) is 121 Å². The number of H-pyrrole nitrogens is 2. The number of alkyl carbamates (subject to hydrolysis) is 2. The highest BCUT2D eigenvalue weighted by Gasteiger charge is 2.51. The number of benzene rings is 2. The second kappa shape index (κ2) is 17.0. The summed E-state index contributed by atoms with van der Waals surface area (Å²) < 4.78 is 15.3. The van der Waals surface area contributed by atoms with Crippen LogP contribution in [0.15, 0.2) is 48.8 Å². The Morgan fingerprint density at radius 2 is 1.41 bits per heavy atom. The van der Waals surface area contributed by atoms with Gasteiger partial charge in [-0.2, -0.15) is 0 Å². The highest BCUT2D eigenvalue weighted by Crippen LogP contribution is 2.50. The van der Waals surface area contributed by atoms with Crippen molar-refractivity contribution in [3.63, 3.8) is 0 Å². The van der Waals surface area contributed by atoms with Crippen molar-refractivity contribution in [2.75, 3.05) is 34.0 Å². The molecule has 5 heterocycles. The van der Waals surface area contributed by atoms with Gasteiger partial charge in [0.05, 0.1) is 50.1 Å². The Morgan fingerprint density at radius 1 is 0.787 bits per heavy atom. The quantitative estimate of drug-likeness (QED) is 0.139. The van der Waals surface area contributed by atoms with E-state index in [9.17, 15) is 19.2 Å². The summed E-state index contributed by atoms with van der Waals surface area (Å²) in [6.45, 7) is 5.60. The number of fused-ring (bicyclic) bond motifs is 5. The molecule has 61 heavy (non-hydrogen) atoms. The summed E-state index contributed by atoms with van der Waals surface area (Å²) >= 11 is 0. The van der Waals surface area contributed by atoms with E-state index in [-0.39, 0.29) is 41.8 Å². The van der Waals surface area contributed by atoms with E-state index >= 15 is 0 Å².